The Kier molecular flexibility index (Phi) is 5.24. The van der Waals surface area contributed by atoms with E-state index in [4.69, 9.17) is 15.3 Å². The second kappa shape index (κ2) is 6.29. The van der Waals surface area contributed by atoms with Crippen molar-refractivity contribution in [3.05, 3.63) is 0 Å². The minimum Gasteiger partial charge on any atom is -0.349 e. The van der Waals surface area contributed by atoms with Gasteiger partial charge in [-0.1, -0.05) is 41.0 Å². The Morgan fingerprint density at radius 2 is 1.61 bits per heavy atom. The smallest absolute Gasteiger partial charge is 0.174 e. The molecule has 2 aliphatic heterocycles. The van der Waals surface area contributed by atoms with Crippen molar-refractivity contribution in [1.82, 2.24) is 5.01 Å². The summed E-state index contributed by atoms with van der Waals surface area (Å²) in [6, 6.07) is 0. The van der Waals surface area contributed by atoms with Crippen LogP contribution >= 0.6 is 0 Å². The Hall–Kier alpha value is -0.160. The van der Waals surface area contributed by atoms with Gasteiger partial charge in [-0.15, -0.1) is 0 Å². The molecule has 136 valence electrons. The standard InChI is InChI=1S/C19H38N2O2/c1-8-11-16(5)13-22-19(23-14-16)12-17(6,9-2)21(20)18(7,10-3)15(19)4/h15H,8-14,20H2,1-7H3. The van der Waals surface area contributed by atoms with Gasteiger partial charge in [-0.25, -0.2) is 5.01 Å². The summed E-state index contributed by atoms with van der Waals surface area (Å²) in [5.41, 5.74) is -0.0813. The molecule has 0 aromatic rings. The maximum Gasteiger partial charge on any atom is 0.174 e. The summed E-state index contributed by atoms with van der Waals surface area (Å²) in [5.74, 6) is 6.35. The van der Waals surface area contributed by atoms with Gasteiger partial charge in [-0.2, -0.15) is 0 Å². The minimum atomic E-state index is -0.501. The number of hydrogen-bond acceptors (Lipinski definition) is 4. The van der Waals surface area contributed by atoms with Crippen molar-refractivity contribution in [2.24, 2.45) is 17.2 Å². The van der Waals surface area contributed by atoms with E-state index in [0.29, 0.717) is 0 Å². The molecule has 1 spiro atoms. The van der Waals surface area contributed by atoms with Crippen molar-refractivity contribution in [1.29, 1.82) is 0 Å². The average molecular weight is 327 g/mol. The van der Waals surface area contributed by atoms with Gasteiger partial charge in [0.2, 0.25) is 0 Å². The van der Waals surface area contributed by atoms with Crippen molar-refractivity contribution in [3.8, 4) is 0 Å². The predicted octanol–water partition coefficient (Wildman–Crippen LogP) is 4.09. The highest BCUT2D eigenvalue weighted by Gasteiger charge is 2.61. The van der Waals surface area contributed by atoms with Crippen LogP contribution in [0.1, 0.15) is 80.6 Å². The van der Waals surface area contributed by atoms with Crippen LogP contribution in [-0.2, 0) is 9.47 Å². The highest BCUT2D eigenvalue weighted by atomic mass is 16.7. The molecule has 0 aliphatic carbocycles. The number of ether oxygens (including phenoxy) is 2. The van der Waals surface area contributed by atoms with Crippen molar-refractivity contribution in [2.45, 2.75) is 97.4 Å². The van der Waals surface area contributed by atoms with Gasteiger partial charge in [0, 0.05) is 28.8 Å². The van der Waals surface area contributed by atoms with E-state index in [0.717, 1.165) is 38.9 Å². The number of nitrogens with zero attached hydrogens (tertiary/aromatic N) is 1. The molecule has 2 N–H and O–H groups in total. The second-order valence-corrected chi connectivity index (χ2v) is 8.78. The number of rotatable bonds is 4. The summed E-state index contributed by atoms with van der Waals surface area (Å²) in [6.45, 7) is 17.3. The van der Waals surface area contributed by atoms with Crippen LogP contribution in [0.15, 0.2) is 0 Å². The predicted molar refractivity (Wildman–Crippen MR) is 94.8 cm³/mol. The van der Waals surface area contributed by atoms with Gasteiger partial charge in [-0.05, 0) is 33.1 Å². The topological polar surface area (TPSA) is 47.7 Å². The lowest BCUT2D eigenvalue weighted by Gasteiger charge is -2.64. The van der Waals surface area contributed by atoms with E-state index in [1.807, 2.05) is 0 Å². The third-order valence-corrected chi connectivity index (χ3v) is 7.01. The molecule has 2 rings (SSSR count). The molecule has 0 aromatic heterocycles. The lowest BCUT2D eigenvalue weighted by Crippen LogP contribution is -2.75. The Morgan fingerprint density at radius 3 is 2.04 bits per heavy atom. The quantitative estimate of drug-likeness (QED) is 0.791. The molecule has 3 unspecified atom stereocenters. The molecule has 3 atom stereocenters. The number of piperidine rings is 1. The first-order valence-corrected chi connectivity index (χ1v) is 9.44. The average Bonchev–Trinajstić information content (AvgIpc) is 2.54. The van der Waals surface area contributed by atoms with Crippen molar-refractivity contribution >= 4 is 0 Å². The molecule has 2 aliphatic rings. The highest BCUT2D eigenvalue weighted by Crippen LogP contribution is 2.53. The summed E-state index contributed by atoms with van der Waals surface area (Å²) < 4.78 is 13.1. The molecule has 2 heterocycles. The van der Waals surface area contributed by atoms with Crippen LogP contribution in [0.4, 0.5) is 0 Å². The fraction of sp³-hybridized carbons (Fsp3) is 1.00. The molecule has 2 saturated heterocycles. The first kappa shape index (κ1) is 19.2. The normalized spacial score (nSPS) is 48.8. The molecule has 23 heavy (non-hydrogen) atoms. The monoisotopic (exact) mass is 326 g/mol. The molecule has 0 bridgehead atoms. The van der Waals surface area contributed by atoms with Gasteiger partial charge >= 0.3 is 0 Å². The van der Waals surface area contributed by atoms with E-state index in [-0.39, 0.29) is 22.4 Å². The molecule has 4 nitrogen and oxygen atoms in total. The van der Waals surface area contributed by atoms with Gasteiger partial charge < -0.3 is 9.47 Å². The zero-order valence-corrected chi connectivity index (χ0v) is 16.4. The van der Waals surface area contributed by atoms with E-state index in [1.165, 1.54) is 6.42 Å². The largest absolute Gasteiger partial charge is 0.349 e. The fourth-order valence-corrected chi connectivity index (χ4v) is 4.62. The minimum absolute atomic E-state index is 0.101. The molecule has 0 radical (unpaired) electrons. The van der Waals surface area contributed by atoms with Crippen LogP contribution in [-0.4, -0.2) is 35.1 Å². The summed E-state index contributed by atoms with van der Waals surface area (Å²) >= 11 is 0. The molecule has 4 heteroatoms. The van der Waals surface area contributed by atoms with Gasteiger partial charge in [0.1, 0.15) is 0 Å². The Morgan fingerprint density at radius 1 is 1.04 bits per heavy atom. The Balaban J connectivity index is 2.32. The molecular weight excluding hydrogens is 288 g/mol. The van der Waals surface area contributed by atoms with Crippen LogP contribution in [0.3, 0.4) is 0 Å². The SMILES string of the molecule is CCCC1(C)COC2(CC(C)(CC)N(N)C(C)(CC)C2C)OC1. The number of hydrazine groups is 1. The maximum absolute atomic E-state index is 6.62. The molecule has 0 aromatic carbocycles. The molecular formula is C19H38N2O2. The third kappa shape index (κ3) is 2.97. The van der Waals surface area contributed by atoms with Gasteiger partial charge in [0.25, 0.3) is 0 Å². The fourth-order valence-electron chi connectivity index (χ4n) is 4.62. The molecule has 0 amide bonds. The maximum atomic E-state index is 6.62. The van der Waals surface area contributed by atoms with Crippen LogP contribution in [0.25, 0.3) is 0 Å². The van der Waals surface area contributed by atoms with Crippen molar-refractivity contribution in [3.63, 3.8) is 0 Å². The van der Waals surface area contributed by atoms with E-state index in [2.05, 4.69) is 53.5 Å². The van der Waals surface area contributed by atoms with Crippen LogP contribution in [0, 0.1) is 11.3 Å². The van der Waals surface area contributed by atoms with Gasteiger partial charge in [0.05, 0.1) is 13.2 Å². The zero-order chi connectivity index (χ0) is 17.5. The van der Waals surface area contributed by atoms with E-state index < -0.39 is 5.79 Å². The first-order valence-electron chi connectivity index (χ1n) is 9.44. The van der Waals surface area contributed by atoms with Crippen LogP contribution < -0.4 is 5.84 Å². The Labute approximate surface area is 143 Å². The summed E-state index contributed by atoms with van der Waals surface area (Å²) in [6.07, 6.45) is 5.14. The molecule has 0 saturated carbocycles. The summed E-state index contributed by atoms with van der Waals surface area (Å²) in [5, 5.41) is 2.10. The van der Waals surface area contributed by atoms with Crippen molar-refractivity contribution < 1.29 is 9.47 Å². The second-order valence-electron chi connectivity index (χ2n) is 8.78. The number of nitrogens with two attached hydrogens (primary N) is 1. The van der Waals surface area contributed by atoms with Gasteiger partial charge in [0.15, 0.2) is 5.79 Å². The summed E-state index contributed by atoms with van der Waals surface area (Å²) in [7, 11) is 0. The van der Waals surface area contributed by atoms with Gasteiger partial charge in [-0.3, -0.25) is 5.84 Å². The lowest BCUT2D eigenvalue weighted by atomic mass is 9.66. The van der Waals surface area contributed by atoms with Crippen molar-refractivity contribution in [2.75, 3.05) is 13.2 Å². The number of hydrogen-bond donors (Lipinski definition) is 1. The third-order valence-electron chi connectivity index (χ3n) is 7.01. The molecule has 2 fully saturated rings. The van der Waals surface area contributed by atoms with E-state index in [9.17, 15) is 0 Å². The lowest BCUT2D eigenvalue weighted by molar-refractivity contribution is -0.368. The van der Waals surface area contributed by atoms with Crippen LogP contribution in [0.2, 0.25) is 0 Å². The van der Waals surface area contributed by atoms with E-state index >= 15 is 0 Å². The Bertz CT molecular complexity index is 420. The summed E-state index contributed by atoms with van der Waals surface area (Å²) in [4.78, 5) is 0. The van der Waals surface area contributed by atoms with Crippen LogP contribution in [0.5, 0.6) is 0 Å². The first-order chi connectivity index (χ1) is 10.6. The van der Waals surface area contributed by atoms with E-state index in [1.54, 1.807) is 0 Å². The zero-order valence-electron chi connectivity index (χ0n) is 16.4. The highest BCUT2D eigenvalue weighted by molar-refractivity contribution is 5.09.